The number of carbonyl (C=O) groups excluding carboxylic acids is 4. The van der Waals surface area contributed by atoms with E-state index in [1.54, 1.807) is 24.3 Å². The molecule has 0 saturated heterocycles. The molecule has 0 aromatic carbocycles. The van der Waals surface area contributed by atoms with Crippen LogP contribution in [0.4, 0.5) is 0 Å². The maximum atomic E-state index is 13.1. The number of phosphoric acid groups is 2. The lowest BCUT2D eigenvalue weighted by molar-refractivity contribution is -0.161. The van der Waals surface area contributed by atoms with E-state index in [9.17, 15) is 43.2 Å². The number of unbranched alkanes of at least 4 members (excludes halogenated alkanes) is 14. The number of aliphatic hydroxyl groups excluding tert-OH is 1. The largest absolute Gasteiger partial charge is 0.472 e. The van der Waals surface area contributed by atoms with Gasteiger partial charge in [0.25, 0.3) is 0 Å². The van der Waals surface area contributed by atoms with Gasteiger partial charge in [0, 0.05) is 12.8 Å². The minimum absolute atomic E-state index is 0.0600. The highest BCUT2D eigenvalue weighted by atomic mass is 31.2. The number of allylic oxidation sites excluding steroid dienone is 30. The summed E-state index contributed by atoms with van der Waals surface area (Å²) in [5.74, 6) is -2.53. The first-order valence-corrected chi connectivity index (χ1v) is 41.7. The highest BCUT2D eigenvalue weighted by Crippen LogP contribution is 2.45. The van der Waals surface area contributed by atoms with Crippen LogP contribution in [0, 0.1) is 0 Å². The maximum absolute atomic E-state index is 13.1. The molecule has 0 bridgehead atoms. The molecule has 0 aromatic heterocycles. The predicted molar refractivity (Wildman–Crippen MR) is 426 cm³/mol. The molecular formula is C85H134O17P2. The van der Waals surface area contributed by atoms with Crippen LogP contribution in [-0.2, 0) is 65.4 Å². The first kappa shape index (κ1) is 97.9. The molecule has 0 aliphatic rings. The van der Waals surface area contributed by atoms with Crippen LogP contribution in [0.2, 0.25) is 0 Å². The molecule has 0 aliphatic heterocycles. The molecule has 17 nitrogen and oxygen atoms in total. The van der Waals surface area contributed by atoms with Crippen molar-refractivity contribution >= 4 is 39.5 Å². The van der Waals surface area contributed by atoms with Gasteiger partial charge < -0.3 is 33.8 Å². The van der Waals surface area contributed by atoms with Crippen LogP contribution >= 0.6 is 15.6 Å². The lowest BCUT2D eigenvalue weighted by Crippen LogP contribution is -2.30. The number of hydrogen-bond acceptors (Lipinski definition) is 15. The number of ether oxygens (including phenoxy) is 4. The van der Waals surface area contributed by atoms with Crippen LogP contribution in [-0.4, -0.2) is 96.7 Å². The fourth-order valence-electron chi connectivity index (χ4n) is 9.33. The van der Waals surface area contributed by atoms with Gasteiger partial charge >= 0.3 is 39.5 Å². The van der Waals surface area contributed by atoms with Crippen molar-refractivity contribution in [2.75, 3.05) is 39.6 Å². The fraction of sp³-hybridized carbons (Fsp3) is 0.576. The smallest absolute Gasteiger partial charge is 0.462 e. The summed E-state index contributed by atoms with van der Waals surface area (Å²) in [5, 5.41) is 10.6. The Kier molecular flexibility index (Phi) is 70.7. The summed E-state index contributed by atoms with van der Waals surface area (Å²) in [6, 6.07) is 0. The lowest BCUT2D eigenvalue weighted by atomic mass is 10.1. The Morgan fingerprint density at radius 3 is 0.894 bits per heavy atom. The molecular weight excluding hydrogens is 1350 g/mol. The van der Waals surface area contributed by atoms with E-state index in [4.69, 9.17) is 37.0 Å². The number of rotatable bonds is 70. The summed E-state index contributed by atoms with van der Waals surface area (Å²) in [7, 11) is -10.0. The van der Waals surface area contributed by atoms with Crippen molar-refractivity contribution in [3.05, 3.63) is 194 Å². The van der Waals surface area contributed by atoms with Crippen molar-refractivity contribution in [3.63, 3.8) is 0 Å². The first-order chi connectivity index (χ1) is 50.7. The number of phosphoric ester groups is 2. The normalized spacial score (nSPS) is 15.0. The molecule has 3 N–H and O–H groups in total. The summed E-state index contributed by atoms with van der Waals surface area (Å²) < 4.78 is 68.2. The van der Waals surface area contributed by atoms with E-state index in [-0.39, 0.29) is 25.7 Å². The van der Waals surface area contributed by atoms with Crippen LogP contribution in [0.5, 0.6) is 0 Å². The number of esters is 4. The molecule has 0 heterocycles. The second-order valence-electron chi connectivity index (χ2n) is 24.8. The van der Waals surface area contributed by atoms with Crippen molar-refractivity contribution in [2.24, 2.45) is 0 Å². The summed E-state index contributed by atoms with van der Waals surface area (Å²) >= 11 is 0. The standard InChI is InChI=1S/C85H134O17P2/c1-5-9-13-17-21-25-29-33-37-38-39-40-44-46-50-54-58-62-66-70-83(88)96-76-81(102-85(90)72-68-64-60-56-52-48-43-36-32-28-24-20-16-12-8-4)78-100-104(93,94)98-74-79(86)73-97-103(91,92)99-77-80(101-84(89)71-67-63-59-55-51-47-42-35-31-27-23-19-15-11-7-3)75-95-82(87)69-65-61-57-53-49-45-41-34-30-26-22-18-14-10-6-2/h10-12,14-16,21-28,33-37,39-43,49,51,53,55,61,63,65,67,79-81,86H,5-9,13,17-20,29-32,38,44-48,50,52,54,56-60,62,64,66,68-78H2,1-4H3,(H,91,92)(H,93,94)/b14-10-,15-11-,16-12-,25-21-,26-22-,27-23-,28-24-,37-33-,40-39-,41-34-,42-35-,43-36-,53-49-,55-51-,65-61-,67-63-. The third kappa shape index (κ3) is 74.2. The number of hydrogen-bond donors (Lipinski definition) is 3. The zero-order valence-electron chi connectivity index (χ0n) is 63.9. The van der Waals surface area contributed by atoms with Gasteiger partial charge in [0.1, 0.15) is 19.3 Å². The van der Waals surface area contributed by atoms with Gasteiger partial charge in [0.2, 0.25) is 0 Å². The van der Waals surface area contributed by atoms with Gasteiger partial charge in [-0.2, -0.15) is 0 Å². The summed E-state index contributed by atoms with van der Waals surface area (Å²) in [6.45, 7) is 4.20. The molecule has 586 valence electrons. The molecule has 5 atom stereocenters. The molecule has 0 aromatic rings. The summed E-state index contributed by atoms with van der Waals surface area (Å²) in [4.78, 5) is 72.8. The van der Waals surface area contributed by atoms with Crippen molar-refractivity contribution in [3.8, 4) is 0 Å². The molecule has 0 fully saturated rings. The Bertz CT molecular complexity index is 2740. The van der Waals surface area contributed by atoms with E-state index in [0.717, 1.165) is 161 Å². The Labute approximate surface area is 627 Å². The van der Waals surface area contributed by atoms with E-state index in [1.807, 2.05) is 24.3 Å². The molecule has 0 spiro atoms. The highest BCUT2D eigenvalue weighted by molar-refractivity contribution is 7.47. The Morgan fingerprint density at radius 2 is 0.548 bits per heavy atom. The van der Waals surface area contributed by atoms with Crippen LogP contribution in [0.1, 0.15) is 259 Å². The average Bonchev–Trinajstić information content (AvgIpc) is 0.912. The van der Waals surface area contributed by atoms with Crippen LogP contribution < -0.4 is 0 Å². The molecule has 104 heavy (non-hydrogen) atoms. The Hall–Kier alpha value is -6.10. The predicted octanol–water partition coefficient (Wildman–Crippen LogP) is 22.5. The van der Waals surface area contributed by atoms with E-state index in [0.29, 0.717) is 25.7 Å². The van der Waals surface area contributed by atoms with E-state index < -0.39 is 97.5 Å². The molecule has 5 unspecified atom stereocenters. The van der Waals surface area contributed by atoms with Crippen LogP contribution in [0.3, 0.4) is 0 Å². The first-order valence-electron chi connectivity index (χ1n) is 38.7. The lowest BCUT2D eigenvalue weighted by Gasteiger charge is -2.21. The van der Waals surface area contributed by atoms with Crippen molar-refractivity contribution in [1.29, 1.82) is 0 Å². The molecule has 19 heteroatoms. The molecule has 0 radical (unpaired) electrons. The van der Waals surface area contributed by atoms with Gasteiger partial charge in [-0.15, -0.1) is 0 Å². The van der Waals surface area contributed by atoms with Crippen molar-refractivity contribution in [2.45, 2.75) is 277 Å². The van der Waals surface area contributed by atoms with Gasteiger partial charge in [-0.1, -0.05) is 280 Å². The van der Waals surface area contributed by atoms with Gasteiger partial charge in [0.15, 0.2) is 12.2 Å². The third-order valence-corrected chi connectivity index (χ3v) is 17.0. The van der Waals surface area contributed by atoms with E-state index in [1.165, 1.54) is 19.3 Å². The topological polar surface area (TPSA) is 237 Å². The fourth-order valence-corrected chi connectivity index (χ4v) is 10.9. The Balaban J connectivity index is 5.53. The Morgan fingerprint density at radius 1 is 0.288 bits per heavy atom. The third-order valence-electron chi connectivity index (χ3n) is 15.1. The van der Waals surface area contributed by atoms with Gasteiger partial charge in [-0.3, -0.25) is 37.3 Å². The van der Waals surface area contributed by atoms with Crippen LogP contribution in [0.15, 0.2) is 194 Å². The molecule has 0 aliphatic carbocycles. The zero-order valence-corrected chi connectivity index (χ0v) is 65.6. The second-order valence-corrected chi connectivity index (χ2v) is 27.7. The monoisotopic (exact) mass is 1490 g/mol. The SMILES string of the molecule is CC/C=C\C/C=C\C/C=C\C/C=C\C/C=C\CC(=O)OCC(COP(=O)(O)OCC(O)COP(=O)(O)OCC(COC(=O)CCCCCCCC/C=C\C/C=C\C/C=C\CCCCC)OC(=O)CCCCCCC/C=C\C/C=C\C/C=C\CC)OC(=O)C/C=C\C/C=C\C/C=C\C/C=C\C/C=C\CC. The highest BCUT2D eigenvalue weighted by Gasteiger charge is 2.30. The van der Waals surface area contributed by atoms with Gasteiger partial charge in [0.05, 0.1) is 39.3 Å². The van der Waals surface area contributed by atoms with Gasteiger partial charge in [-0.25, -0.2) is 9.13 Å². The summed E-state index contributed by atoms with van der Waals surface area (Å²) in [5.41, 5.74) is 0. The zero-order chi connectivity index (χ0) is 76.0. The molecule has 0 amide bonds. The van der Waals surface area contributed by atoms with Crippen LogP contribution in [0.25, 0.3) is 0 Å². The van der Waals surface area contributed by atoms with Crippen molar-refractivity contribution < 1.29 is 80.2 Å². The minimum Gasteiger partial charge on any atom is -0.462 e. The quantitative estimate of drug-likeness (QED) is 0.0169. The minimum atomic E-state index is -5.03. The average molecular weight is 1490 g/mol. The molecule has 0 rings (SSSR count). The van der Waals surface area contributed by atoms with Gasteiger partial charge in [-0.05, 0) is 148 Å². The number of carbonyl (C=O) groups is 4. The second kappa shape index (κ2) is 75.1. The molecule has 0 saturated carbocycles. The maximum Gasteiger partial charge on any atom is 0.472 e. The van der Waals surface area contributed by atoms with Crippen molar-refractivity contribution in [1.82, 2.24) is 0 Å². The van der Waals surface area contributed by atoms with E-state index >= 15 is 0 Å². The van der Waals surface area contributed by atoms with E-state index in [2.05, 4.69) is 174 Å². The number of aliphatic hydroxyl groups is 1. The summed E-state index contributed by atoms with van der Waals surface area (Å²) in [6.07, 6.45) is 92.0.